The largest absolute Gasteiger partial charge is 0.356 e. The highest BCUT2D eigenvalue weighted by molar-refractivity contribution is 5.87. The van der Waals surface area contributed by atoms with Crippen LogP contribution >= 0.6 is 0 Å². The number of hydrogen-bond acceptors (Lipinski definition) is 4. The Kier molecular flexibility index (Phi) is 8.04. The number of nitrogens with zero attached hydrogens (tertiary/aromatic N) is 4. The van der Waals surface area contributed by atoms with E-state index in [1.54, 1.807) is 12.4 Å². The van der Waals surface area contributed by atoms with Gasteiger partial charge in [0.25, 0.3) is 0 Å². The Morgan fingerprint density at radius 1 is 0.867 bits per heavy atom. The first-order valence-electron chi connectivity index (χ1n) is 11.0. The van der Waals surface area contributed by atoms with Gasteiger partial charge < -0.3 is 10.6 Å². The van der Waals surface area contributed by atoms with E-state index in [0.717, 1.165) is 38.8 Å². The molecule has 3 rings (SSSR count). The highest BCUT2D eigenvalue weighted by Crippen LogP contribution is 2.30. The maximum atomic E-state index is 12.8. The second-order valence-electron chi connectivity index (χ2n) is 8.65. The molecule has 1 saturated carbocycles. The molecule has 164 valence electrons. The quantitative estimate of drug-likeness (QED) is 0.622. The van der Waals surface area contributed by atoms with Gasteiger partial charge in [0.15, 0.2) is 0 Å². The average Bonchev–Trinajstić information content (AvgIpc) is 3.44. The minimum absolute atomic E-state index is 0.00625. The van der Waals surface area contributed by atoms with Gasteiger partial charge in [-0.05, 0) is 36.8 Å². The van der Waals surface area contributed by atoms with Gasteiger partial charge in [-0.25, -0.2) is 0 Å². The number of nitrogens with one attached hydrogen (secondary N) is 2. The minimum atomic E-state index is -0.239. The molecule has 2 unspecified atom stereocenters. The lowest BCUT2D eigenvalue weighted by atomic mass is 9.78. The molecular weight excluding hydrogens is 380 g/mol. The molecule has 0 aromatic carbocycles. The van der Waals surface area contributed by atoms with E-state index in [0.29, 0.717) is 13.1 Å². The van der Waals surface area contributed by atoms with Crippen LogP contribution in [0.4, 0.5) is 0 Å². The van der Waals surface area contributed by atoms with Gasteiger partial charge in [0.1, 0.15) is 0 Å². The normalized spacial score (nSPS) is 21.0. The van der Waals surface area contributed by atoms with Crippen LogP contribution in [-0.2, 0) is 22.7 Å². The third-order valence-electron chi connectivity index (χ3n) is 5.80. The summed E-state index contributed by atoms with van der Waals surface area (Å²) in [6, 6.07) is 3.79. The van der Waals surface area contributed by atoms with Crippen LogP contribution in [0.1, 0.15) is 39.5 Å². The molecule has 2 aromatic heterocycles. The summed E-state index contributed by atoms with van der Waals surface area (Å²) in [6.45, 7) is 6.88. The predicted octanol–water partition coefficient (Wildman–Crippen LogP) is 2.09. The van der Waals surface area contributed by atoms with Crippen LogP contribution in [-0.4, -0.2) is 44.5 Å². The number of rotatable bonds is 10. The zero-order valence-corrected chi connectivity index (χ0v) is 18.0. The first-order valence-corrected chi connectivity index (χ1v) is 11.0. The van der Waals surface area contributed by atoms with Crippen molar-refractivity contribution >= 4 is 11.8 Å². The SMILES string of the molecule is CC(CNC(=O)[C@@H]1CCCC[C@H]1C(=O)NCC(C)Cn1cccn1)Cn1cccn1. The molecule has 2 heterocycles. The van der Waals surface area contributed by atoms with Crippen molar-refractivity contribution in [2.45, 2.75) is 52.6 Å². The molecule has 8 nitrogen and oxygen atoms in total. The molecular formula is C22H34N6O2. The molecule has 0 aliphatic heterocycles. The molecule has 2 aromatic rings. The van der Waals surface area contributed by atoms with Crippen molar-refractivity contribution in [3.05, 3.63) is 36.9 Å². The van der Waals surface area contributed by atoms with E-state index in [1.165, 1.54) is 0 Å². The van der Waals surface area contributed by atoms with Gasteiger partial charge in [-0.1, -0.05) is 26.7 Å². The smallest absolute Gasteiger partial charge is 0.223 e. The van der Waals surface area contributed by atoms with Crippen molar-refractivity contribution in [1.82, 2.24) is 30.2 Å². The average molecular weight is 415 g/mol. The van der Waals surface area contributed by atoms with Gasteiger partial charge in [0.2, 0.25) is 11.8 Å². The van der Waals surface area contributed by atoms with Crippen LogP contribution in [0, 0.1) is 23.7 Å². The standard InChI is InChI=1S/C22H34N6O2/c1-17(15-27-11-5-9-25-27)13-23-21(29)19-7-3-4-8-20(19)22(30)24-14-18(2)16-28-12-6-10-26-28/h5-6,9-12,17-20H,3-4,7-8,13-16H2,1-2H3,(H,23,29)(H,24,30)/t17?,18?,19-,20-/m1/s1. The van der Waals surface area contributed by atoms with E-state index in [1.807, 2.05) is 33.9 Å². The molecule has 4 atom stereocenters. The second kappa shape index (κ2) is 10.9. The molecule has 1 aliphatic rings. The Morgan fingerprint density at radius 3 is 1.67 bits per heavy atom. The van der Waals surface area contributed by atoms with Gasteiger partial charge in [0, 0.05) is 62.8 Å². The van der Waals surface area contributed by atoms with E-state index in [4.69, 9.17) is 0 Å². The molecule has 8 heteroatoms. The van der Waals surface area contributed by atoms with Crippen molar-refractivity contribution in [2.24, 2.45) is 23.7 Å². The molecule has 2 N–H and O–H groups in total. The number of carbonyl (C=O) groups is 2. The fraction of sp³-hybridized carbons (Fsp3) is 0.636. The van der Waals surface area contributed by atoms with Crippen molar-refractivity contribution in [3.63, 3.8) is 0 Å². The second-order valence-corrected chi connectivity index (χ2v) is 8.65. The molecule has 2 amide bonds. The van der Waals surface area contributed by atoms with E-state index < -0.39 is 0 Å². The third-order valence-corrected chi connectivity index (χ3v) is 5.80. The van der Waals surface area contributed by atoms with Crippen molar-refractivity contribution in [1.29, 1.82) is 0 Å². The predicted molar refractivity (Wildman–Crippen MR) is 114 cm³/mol. The van der Waals surface area contributed by atoms with Crippen molar-refractivity contribution in [3.8, 4) is 0 Å². The van der Waals surface area contributed by atoms with Crippen LogP contribution in [0.2, 0.25) is 0 Å². The van der Waals surface area contributed by atoms with Crippen LogP contribution in [0.5, 0.6) is 0 Å². The molecule has 0 spiro atoms. The minimum Gasteiger partial charge on any atom is -0.356 e. The number of aromatic nitrogens is 4. The summed E-state index contributed by atoms with van der Waals surface area (Å²) in [7, 11) is 0. The summed E-state index contributed by atoms with van der Waals surface area (Å²) < 4.78 is 3.75. The first-order chi connectivity index (χ1) is 14.5. The summed E-state index contributed by atoms with van der Waals surface area (Å²) in [5, 5.41) is 14.6. The summed E-state index contributed by atoms with van der Waals surface area (Å²) in [6.07, 6.45) is 10.9. The van der Waals surface area contributed by atoms with Gasteiger partial charge in [-0.2, -0.15) is 10.2 Å². The van der Waals surface area contributed by atoms with Gasteiger partial charge in [-0.15, -0.1) is 0 Å². The lowest BCUT2D eigenvalue weighted by molar-refractivity contribution is -0.136. The summed E-state index contributed by atoms with van der Waals surface area (Å²) in [4.78, 5) is 25.7. The van der Waals surface area contributed by atoms with Gasteiger partial charge in [0.05, 0.1) is 0 Å². The number of amides is 2. The summed E-state index contributed by atoms with van der Waals surface area (Å²) >= 11 is 0. The van der Waals surface area contributed by atoms with E-state index in [2.05, 4.69) is 34.7 Å². The number of hydrogen-bond donors (Lipinski definition) is 2. The zero-order valence-electron chi connectivity index (χ0n) is 18.0. The Hall–Kier alpha value is -2.64. The van der Waals surface area contributed by atoms with Crippen LogP contribution < -0.4 is 10.6 Å². The first kappa shape index (κ1) is 22.1. The van der Waals surface area contributed by atoms with Crippen molar-refractivity contribution in [2.75, 3.05) is 13.1 Å². The molecule has 0 radical (unpaired) electrons. The van der Waals surface area contributed by atoms with E-state index >= 15 is 0 Å². The molecule has 30 heavy (non-hydrogen) atoms. The third kappa shape index (κ3) is 6.43. The van der Waals surface area contributed by atoms with E-state index in [-0.39, 0.29) is 35.5 Å². The Balaban J connectivity index is 1.45. The maximum Gasteiger partial charge on any atom is 0.223 e. The highest BCUT2D eigenvalue weighted by Gasteiger charge is 2.35. The summed E-state index contributed by atoms with van der Waals surface area (Å²) in [5.41, 5.74) is 0. The molecule has 0 bridgehead atoms. The van der Waals surface area contributed by atoms with Gasteiger partial charge in [-0.3, -0.25) is 19.0 Å². The fourth-order valence-electron chi connectivity index (χ4n) is 4.15. The lowest BCUT2D eigenvalue weighted by Crippen LogP contribution is -2.45. The van der Waals surface area contributed by atoms with Gasteiger partial charge >= 0.3 is 0 Å². The molecule has 0 saturated heterocycles. The molecule has 1 fully saturated rings. The zero-order chi connectivity index (χ0) is 21.3. The van der Waals surface area contributed by atoms with Crippen molar-refractivity contribution < 1.29 is 9.59 Å². The fourth-order valence-corrected chi connectivity index (χ4v) is 4.15. The van der Waals surface area contributed by atoms with Crippen LogP contribution in [0.3, 0.4) is 0 Å². The summed E-state index contributed by atoms with van der Waals surface area (Å²) in [5.74, 6) is 0.0772. The Morgan fingerprint density at radius 2 is 1.30 bits per heavy atom. The van der Waals surface area contributed by atoms with Crippen LogP contribution in [0.15, 0.2) is 36.9 Å². The highest BCUT2D eigenvalue weighted by atomic mass is 16.2. The van der Waals surface area contributed by atoms with Crippen LogP contribution in [0.25, 0.3) is 0 Å². The van der Waals surface area contributed by atoms with E-state index in [9.17, 15) is 9.59 Å². The maximum absolute atomic E-state index is 12.8. The monoisotopic (exact) mass is 414 g/mol. The number of carbonyl (C=O) groups excluding carboxylic acids is 2. The Bertz CT molecular complexity index is 707. The topological polar surface area (TPSA) is 93.8 Å². The lowest BCUT2D eigenvalue weighted by Gasteiger charge is -2.30. The Labute approximate surface area is 178 Å². The molecule has 1 aliphatic carbocycles.